The number of rotatable bonds is 4. The van der Waals surface area contributed by atoms with Gasteiger partial charge in [0.25, 0.3) is 0 Å². The summed E-state index contributed by atoms with van der Waals surface area (Å²) in [6, 6.07) is 9.31. The predicted octanol–water partition coefficient (Wildman–Crippen LogP) is 1.46. The zero-order chi connectivity index (χ0) is 14.8. The van der Waals surface area contributed by atoms with Crippen LogP contribution >= 0.6 is 0 Å². The number of benzene rings is 1. The van der Waals surface area contributed by atoms with Gasteiger partial charge in [0.2, 0.25) is 15.9 Å². The summed E-state index contributed by atoms with van der Waals surface area (Å²) < 4.78 is 24.8. The first-order valence-electron chi connectivity index (χ1n) is 6.77. The Balaban J connectivity index is 2.17. The third-order valence-electron chi connectivity index (χ3n) is 3.33. The van der Waals surface area contributed by atoms with Gasteiger partial charge >= 0.3 is 0 Å². The van der Waals surface area contributed by atoms with Crippen LogP contribution in [-0.4, -0.2) is 43.5 Å². The Morgan fingerprint density at radius 1 is 1.30 bits per heavy atom. The summed E-state index contributed by atoms with van der Waals surface area (Å²) in [5.41, 5.74) is 0.795. The molecule has 0 aliphatic carbocycles. The molecule has 0 aromatic heterocycles. The third kappa shape index (κ3) is 3.19. The van der Waals surface area contributed by atoms with E-state index in [0.717, 1.165) is 5.69 Å². The van der Waals surface area contributed by atoms with E-state index < -0.39 is 10.0 Å². The van der Waals surface area contributed by atoms with E-state index in [1.54, 1.807) is 4.90 Å². The molecule has 1 aromatic rings. The van der Waals surface area contributed by atoms with Crippen LogP contribution in [0, 0.1) is 0 Å². The minimum absolute atomic E-state index is 0.0183. The van der Waals surface area contributed by atoms with Crippen molar-refractivity contribution in [3.8, 4) is 0 Å². The summed E-state index contributed by atoms with van der Waals surface area (Å²) in [5, 5.41) is 0. The van der Waals surface area contributed by atoms with Gasteiger partial charge in [0.15, 0.2) is 0 Å². The number of hydrogen-bond acceptors (Lipinski definition) is 3. The summed E-state index contributed by atoms with van der Waals surface area (Å²) in [7, 11) is -3.24. The average molecular weight is 296 g/mol. The molecule has 1 aromatic carbocycles. The summed E-state index contributed by atoms with van der Waals surface area (Å²) in [4.78, 5) is 14.1. The summed E-state index contributed by atoms with van der Waals surface area (Å²) >= 11 is 0. The van der Waals surface area contributed by atoms with Crippen LogP contribution in [0.5, 0.6) is 0 Å². The number of carbonyl (C=O) groups excluding carboxylic acids is 1. The van der Waals surface area contributed by atoms with Gasteiger partial charge in [-0.05, 0) is 32.4 Å². The molecule has 1 fully saturated rings. The Morgan fingerprint density at radius 3 is 2.45 bits per heavy atom. The molecule has 6 heteroatoms. The zero-order valence-electron chi connectivity index (χ0n) is 11.8. The molecule has 0 saturated carbocycles. The highest BCUT2D eigenvalue weighted by atomic mass is 32.2. The molecule has 0 radical (unpaired) electrons. The van der Waals surface area contributed by atoms with Gasteiger partial charge in [0, 0.05) is 18.3 Å². The minimum atomic E-state index is -3.24. The Bertz CT molecular complexity index is 569. The van der Waals surface area contributed by atoms with Crippen LogP contribution in [0.4, 0.5) is 5.69 Å². The first-order chi connectivity index (χ1) is 9.42. The lowest BCUT2D eigenvalue weighted by atomic mass is 10.2. The highest BCUT2D eigenvalue weighted by Gasteiger charge is 2.32. The quantitative estimate of drug-likeness (QED) is 0.845. The first kappa shape index (κ1) is 15.0. The Kier molecular flexibility index (Phi) is 4.45. The molecule has 5 nitrogen and oxygen atoms in total. The fraction of sp³-hybridized carbons (Fsp3) is 0.500. The molecule has 0 unspecified atom stereocenters. The van der Waals surface area contributed by atoms with Crippen LogP contribution in [-0.2, 0) is 14.8 Å². The molecule has 0 spiro atoms. The van der Waals surface area contributed by atoms with E-state index in [4.69, 9.17) is 0 Å². The van der Waals surface area contributed by atoms with Crippen LogP contribution in [0.3, 0.4) is 0 Å². The SMILES string of the molecule is CC(C)N(C(=O)CN1CCCS1(=O)=O)c1ccccc1. The molecule has 1 aliphatic rings. The van der Waals surface area contributed by atoms with Gasteiger partial charge in [0.05, 0.1) is 12.3 Å². The number of hydrogen-bond donors (Lipinski definition) is 0. The van der Waals surface area contributed by atoms with E-state index in [2.05, 4.69) is 0 Å². The van der Waals surface area contributed by atoms with Gasteiger partial charge in [-0.15, -0.1) is 0 Å². The van der Waals surface area contributed by atoms with Gasteiger partial charge < -0.3 is 4.90 Å². The highest BCUT2D eigenvalue weighted by Crippen LogP contribution is 2.19. The van der Waals surface area contributed by atoms with E-state index in [1.807, 2.05) is 44.2 Å². The molecule has 0 atom stereocenters. The summed E-state index contributed by atoms with van der Waals surface area (Å²) in [5.74, 6) is -0.0375. The molecular weight excluding hydrogens is 276 g/mol. The molecule has 0 bridgehead atoms. The largest absolute Gasteiger partial charge is 0.309 e. The van der Waals surface area contributed by atoms with Crippen LogP contribution < -0.4 is 4.90 Å². The lowest BCUT2D eigenvalue weighted by molar-refractivity contribution is -0.119. The second-order valence-corrected chi connectivity index (χ2v) is 7.28. The maximum Gasteiger partial charge on any atom is 0.242 e. The first-order valence-corrected chi connectivity index (χ1v) is 8.37. The van der Waals surface area contributed by atoms with Gasteiger partial charge in [-0.1, -0.05) is 18.2 Å². The maximum absolute atomic E-state index is 12.4. The number of para-hydroxylation sites is 1. The fourth-order valence-electron chi connectivity index (χ4n) is 2.41. The Labute approximate surface area is 120 Å². The number of carbonyl (C=O) groups is 1. The monoisotopic (exact) mass is 296 g/mol. The van der Waals surface area contributed by atoms with Crippen molar-refractivity contribution in [2.45, 2.75) is 26.3 Å². The van der Waals surface area contributed by atoms with Crippen molar-refractivity contribution in [2.75, 3.05) is 23.7 Å². The van der Waals surface area contributed by atoms with Crippen LogP contribution in [0.25, 0.3) is 0 Å². The fourth-order valence-corrected chi connectivity index (χ4v) is 3.88. The normalized spacial score (nSPS) is 18.4. The number of amides is 1. The molecule has 1 saturated heterocycles. The van der Waals surface area contributed by atoms with Crippen molar-refractivity contribution in [3.05, 3.63) is 30.3 Å². The second-order valence-electron chi connectivity index (χ2n) is 5.20. The zero-order valence-corrected chi connectivity index (χ0v) is 12.6. The van der Waals surface area contributed by atoms with E-state index in [0.29, 0.717) is 13.0 Å². The van der Waals surface area contributed by atoms with Crippen molar-refractivity contribution in [2.24, 2.45) is 0 Å². The van der Waals surface area contributed by atoms with Crippen LogP contribution in [0.1, 0.15) is 20.3 Å². The maximum atomic E-state index is 12.4. The summed E-state index contributed by atoms with van der Waals surface area (Å²) in [6.45, 7) is 4.21. The standard InChI is InChI=1S/C14H20N2O3S/c1-12(2)16(13-7-4-3-5-8-13)14(17)11-15-9-6-10-20(15,18)19/h3-5,7-8,12H,6,9-11H2,1-2H3. The molecule has 1 amide bonds. The summed E-state index contributed by atoms with van der Waals surface area (Å²) in [6.07, 6.45) is 0.600. The molecule has 0 N–H and O–H groups in total. The van der Waals surface area contributed by atoms with Gasteiger partial charge in [-0.25, -0.2) is 8.42 Å². The molecule has 1 aliphatic heterocycles. The molecule has 20 heavy (non-hydrogen) atoms. The highest BCUT2D eigenvalue weighted by molar-refractivity contribution is 7.89. The Morgan fingerprint density at radius 2 is 1.95 bits per heavy atom. The topological polar surface area (TPSA) is 57.7 Å². The smallest absolute Gasteiger partial charge is 0.242 e. The molecular formula is C14H20N2O3S. The van der Waals surface area contributed by atoms with Crippen molar-refractivity contribution in [3.63, 3.8) is 0 Å². The van der Waals surface area contributed by atoms with E-state index in [1.165, 1.54) is 4.31 Å². The van der Waals surface area contributed by atoms with Crippen molar-refractivity contribution >= 4 is 21.6 Å². The third-order valence-corrected chi connectivity index (χ3v) is 5.24. The molecule has 110 valence electrons. The number of nitrogens with zero attached hydrogens (tertiary/aromatic N) is 2. The molecule has 1 heterocycles. The van der Waals surface area contributed by atoms with Crippen molar-refractivity contribution in [1.29, 1.82) is 0 Å². The minimum Gasteiger partial charge on any atom is -0.309 e. The van der Waals surface area contributed by atoms with Gasteiger partial charge in [-0.2, -0.15) is 4.31 Å². The van der Waals surface area contributed by atoms with Crippen LogP contribution in [0.15, 0.2) is 30.3 Å². The van der Waals surface area contributed by atoms with Crippen LogP contribution in [0.2, 0.25) is 0 Å². The number of sulfonamides is 1. The molecule has 2 rings (SSSR count). The van der Waals surface area contributed by atoms with E-state index >= 15 is 0 Å². The average Bonchev–Trinajstić information content (AvgIpc) is 2.70. The number of anilines is 1. The van der Waals surface area contributed by atoms with Crippen molar-refractivity contribution < 1.29 is 13.2 Å². The van der Waals surface area contributed by atoms with E-state index in [9.17, 15) is 13.2 Å². The van der Waals surface area contributed by atoms with E-state index in [-0.39, 0.29) is 24.2 Å². The van der Waals surface area contributed by atoms with Crippen molar-refractivity contribution in [1.82, 2.24) is 4.31 Å². The second kappa shape index (κ2) is 5.93. The van der Waals surface area contributed by atoms with Gasteiger partial charge in [0.1, 0.15) is 0 Å². The Hall–Kier alpha value is -1.40. The predicted molar refractivity (Wildman–Crippen MR) is 79.0 cm³/mol. The lowest BCUT2D eigenvalue weighted by Crippen LogP contribution is -2.44. The lowest BCUT2D eigenvalue weighted by Gasteiger charge is -2.28. The van der Waals surface area contributed by atoms with Gasteiger partial charge in [-0.3, -0.25) is 4.79 Å².